The molecule has 0 aliphatic carbocycles. The zero-order valence-corrected chi connectivity index (χ0v) is 13.5. The molecule has 21 heavy (non-hydrogen) atoms. The summed E-state index contributed by atoms with van der Waals surface area (Å²) in [5.74, 6) is -0.212. The Morgan fingerprint density at radius 2 is 1.95 bits per heavy atom. The molecule has 7 heteroatoms. The fourth-order valence-corrected chi connectivity index (χ4v) is 2.95. The number of carbonyl (C=O) groups is 1. The average Bonchev–Trinajstić information content (AvgIpc) is 2.38. The maximum Gasteiger partial charge on any atom is 0.232 e. The molecule has 0 saturated heterocycles. The molecule has 1 aromatic rings. The molecule has 0 aliphatic rings. The second-order valence-electron chi connectivity index (χ2n) is 4.95. The smallest absolute Gasteiger partial charge is 0.232 e. The highest BCUT2D eigenvalue weighted by Crippen LogP contribution is 2.17. The predicted molar refractivity (Wildman–Crippen MR) is 85.9 cm³/mol. The molecule has 0 aromatic heterocycles. The van der Waals surface area contributed by atoms with Crippen molar-refractivity contribution in [2.24, 2.45) is 5.92 Å². The number of benzene rings is 1. The Morgan fingerprint density at radius 3 is 2.57 bits per heavy atom. The van der Waals surface area contributed by atoms with Crippen LogP contribution in [0.25, 0.3) is 0 Å². The van der Waals surface area contributed by atoms with E-state index in [-0.39, 0.29) is 17.6 Å². The number of hydrogen-bond donors (Lipinski definition) is 3. The van der Waals surface area contributed by atoms with Gasteiger partial charge in [-0.05, 0) is 31.7 Å². The summed E-state index contributed by atoms with van der Waals surface area (Å²) >= 11 is 0. The molecule has 6 nitrogen and oxygen atoms in total. The lowest BCUT2D eigenvalue weighted by Gasteiger charge is -2.13. The number of anilines is 2. The normalized spacial score (nSPS) is 12.7. The van der Waals surface area contributed by atoms with Gasteiger partial charge in [0.2, 0.25) is 15.9 Å². The van der Waals surface area contributed by atoms with Crippen LogP contribution in [0.4, 0.5) is 11.4 Å². The van der Waals surface area contributed by atoms with E-state index in [0.717, 1.165) is 0 Å². The van der Waals surface area contributed by atoms with Crippen molar-refractivity contribution < 1.29 is 13.2 Å². The highest BCUT2D eigenvalue weighted by Gasteiger charge is 2.13. The minimum Gasteiger partial charge on any atom is -0.326 e. The minimum atomic E-state index is -3.33. The summed E-state index contributed by atoms with van der Waals surface area (Å²) in [6.07, 6.45) is 0.549. The standard InChI is InChI=1S/C14H23N3O3S/c1-4-8-21(19,20)17-13-7-5-6-12(9-13)16-14(18)11(2)10-15-3/h5-7,9,11,15,17H,4,8,10H2,1-3H3,(H,16,18). The summed E-state index contributed by atoms with van der Waals surface area (Å²) in [5.41, 5.74) is 1.02. The molecule has 0 spiro atoms. The van der Waals surface area contributed by atoms with E-state index in [1.54, 1.807) is 38.2 Å². The predicted octanol–water partition coefficient (Wildman–Crippen LogP) is 1.63. The highest BCUT2D eigenvalue weighted by molar-refractivity contribution is 7.92. The number of sulfonamides is 1. The van der Waals surface area contributed by atoms with Crippen LogP contribution in [0.15, 0.2) is 24.3 Å². The number of carbonyl (C=O) groups excluding carboxylic acids is 1. The number of rotatable bonds is 8. The molecule has 3 N–H and O–H groups in total. The van der Waals surface area contributed by atoms with Gasteiger partial charge >= 0.3 is 0 Å². The molecule has 0 saturated carbocycles. The lowest BCUT2D eigenvalue weighted by atomic mass is 10.1. The van der Waals surface area contributed by atoms with E-state index in [0.29, 0.717) is 24.3 Å². The second kappa shape index (κ2) is 7.99. The Balaban J connectivity index is 2.75. The van der Waals surface area contributed by atoms with Crippen molar-refractivity contribution in [3.05, 3.63) is 24.3 Å². The molecule has 1 unspecified atom stereocenters. The Bertz CT molecular complexity index is 573. The number of nitrogens with one attached hydrogen (secondary N) is 3. The second-order valence-corrected chi connectivity index (χ2v) is 6.79. The van der Waals surface area contributed by atoms with Gasteiger partial charge in [0.15, 0.2) is 0 Å². The lowest BCUT2D eigenvalue weighted by Crippen LogP contribution is -2.28. The van der Waals surface area contributed by atoms with Gasteiger partial charge in [-0.2, -0.15) is 0 Å². The van der Waals surface area contributed by atoms with Gasteiger partial charge in [0.1, 0.15) is 0 Å². The van der Waals surface area contributed by atoms with E-state index in [2.05, 4.69) is 15.4 Å². The Kier molecular flexibility index (Phi) is 6.64. The van der Waals surface area contributed by atoms with Gasteiger partial charge in [0.05, 0.1) is 11.4 Å². The molecular formula is C14H23N3O3S. The molecule has 1 aromatic carbocycles. The lowest BCUT2D eigenvalue weighted by molar-refractivity contribution is -0.119. The zero-order valence-electron chi connectivity index (χ0n) is 12.6. The SMILES string of the molecule is CCCS(=O)(=O)Nc1cccc(NC(=O)C(C)CNC)c1. The molecular weight excluding hydrogens is 290 g/mol. The third-order valence-electron chi connectivity index (χ3n) is 2.83. The maximum atomic E-state index is 11.9. The van der Waals surface area contributed by atoms with E-state index < -0.39 is 10.0 Å². The van der Waals surface area contributed by atoms with Crippen molar-refractivity contribution in [1.82, 2.24) is 5.32 Å². The monoisotopic (exact) mass is 313 g/mol. The molecule has 1 amide bonds. The largest absolute Gasteiger partial charge is 0.326 e. The summed E-state index contributed by atoms with van der Waals surface area (Å²) in [6.45, 7) is 4.20. The van der Waals surface area contributed by atoms with Gasteiger partial charge in [0.25, 0.3) is 0 Å². The third-order valence-corrected chi connectivity index (χ3v) is 4.33. The topological polar surface area (TPSA) is 87.3 Å². The van der Waals surface area contributed by atoms with Crippen molar-refractivity contribution >= 4 is 27.3 Å². The molecule has 0 radical (unpaired) electrons. The number of hydrogen-bond acceptors (Lipinski definition) is 4. The van der Waals surface area contributed by atoms with Gasteiger partial charge in [0, 0.05) is 18.2 Å². The minimum absolute atomic E-state index is 0.0722. The Morgan fingerprint density at radius 1 is 1.29 bits per heavy atom. The van der Waals surface area contributed by atoms with Crippen LogP contribution < -0.4 is 15.4 Å². The van der Waals surface area contributed by atoms with Crippen molar-refractivity contribution in [3.63, 3.8) is 0 Å². The maximum absolute atomic E-state index is 11.9. The van der Waals surface area contributed by atoms with Gasteiger partial charge in [-0.25, -0.2) is 8.42 Å². The van der Waals surface area contributed by atoms with E-state index in [1.165, 1.54) is 0 Å². The fourth-order valence-electron chi connectivity index (χ4n) is 1.82. The first-order valence-electron chi connectivity index (χ1n) is 6.94. The summed E-state index contributed by atoms with van der Waals surface area (Å²) < 4.78 is 25.9. The van der Waals surface area contributed by atoms with Crippen molar-refractivity contribution in [2.75, 3.05) is 29.4 Å². The zero-order chi connectivity index (χ0) is 15.9. The van der Waals surface area contributed by atoms with Crippen molar-refractivity contribution in [3.8, 4) is 0 Å². The third kappa shape index (κ3) is 6.14. The summed E-state index contributed by atoms with van der Waals surface area (Å²) in [5, 5.41) is 5.71. The number of amides is 1. The fraction of sp³-hybridized carbons (Fsp3) is 0.500. The average molecular weight is 313 g/mol. The van der Waals surface area contributed by atoms with Crippen LogP contribution in [0.3, 0.4) is 0 Å². The molecule has 1 rings (SSSR count). The van der Waals surface area contributed by atoms with Gasteiger partial charge in [-0.1, -0.05) is 19.9 Å². The van der Waals surface area contributed by atoms with Crippen molar-refractivity contribution in [2.45, 2.75) is 20.3 Å². The molecule has 118 valence electrons. The van der Waals surface area contributed by atoms with E-state index in [9.17, 15) is 13.2 Å². The van der Waals surface area contributed by atoms with E-state index in [1.807, 2.05) is 6.92 Å². The van der Waals surface area contributed by atoms with Crippen LogP contribution in [0.1, 0.15) is 20.3 Å². The summed E-state index contributed by atoms with van der Waals surface area (Å²) in [7, 11) is -1.54. The molecule has 0 aliphatic heterocycles. The quantitative estimate of drug-likeness (QED) is 0.681. The first kappa shape index (κ1) is 17.5. The highest BCUT2D eigenvalue weighted by atomic mass is 32.2. The van der Waals surface area contributed by atoms with E-state index >= 15 is 0 Å². The van der Waals surface area contributed by atoms with Gasteiger partial charge in [-0.3, -0.25) is 9.52 Å². The summed E-state index contributed by atoms with van der Waals surface area (Å²) in [4.78, 5) is 11.9. The van der Waals surface area contributed by atoms with Crippen LogP contribution >= 0.6 is 0 Å². The van der Waals surface area contributed by atoms with Crippen LogP contribution in [0.2, 0.25) is 0 Å². The van der Waals surface area contributed by atoms with Gasteiger partial charge in [-0.15, -0.1) is 0 Å². The van der Waals surface area contributed by atoms with Crippen LogP contribution in [-0.2, 0) is 14.8 Å². The van der Waals surface area contributed by atoms with Crippen LogP contribution in [0, 0.1) is 5.92 Å². The van der Waals surface area contributed by atoms with E-state index in [4.69, 9.17) is 0 Å². The molecule has 0 heterocycles. The van der Waals surface area contributed by atoms with Gasteiger partial charge < -0.3 is 10.6 Å². The van der Waals surface area contributed by atoms with Crippen molar-refractivity contribution in [1.29, 1.82) is 0 Å². The van der Waals surface area contributed by atoms with Crippen LogP contribution in [0.5, 0.6) is 0 Å². The Hall–Kier alpha value is -1.60. The molecule has 1 atom stereocenters. The summed E-state index contributed by atoms with van der Waals surface area (Å²) in [6, 6.07) is 6.68. The first-order chi connectivity index (χ1) is 9.88. The Labute approximate surface area is 126 Å². The van der Waals surface area contributed by atoms with Crippen LogP contribution in [-0.4, -0.2) is 33.7 Å². The molecule has 0 fully saturated rings. The first-order valence-corrected chi connectivity index (χ1v) is 8.59. The molecule has 0 bridgehead atoms.